The van der Waals surface area contributed by atoms with Crippen molar-refractivity contribution < 1.29 is 19.1 Å². The van der Waals surface area contributed by atoms with Gasteiger partial charge in [0, 0.05) is 12.7 Å². The van der Waals surface area contributed by atoms with Gasteiger partial charge in [-0.05, 0) is 37.9 Å². The lowest BCUT2D eigenvalue weighted by atomic mass is 10.1. The predicted molar refractivity (Wildman–Crippen MR) is 96.9 cm³/mol. The Morgan fingerprint density at radius 3 is 2.45 bits per heavy atom. The van der Waals surface area contributed by atoms with Crippen LogP contribution in [0.5, 0.6) is 0 Å². The van der Waals surface area contributed by atoms with Crippen molar-refractivity contribution in [2.24, 2.45) is 0 Å². The molecule has 130 valence electrons. The highest BCUT2D eigenvalue weighted by molar-refractivity contribution is 9.09. The van der Waals surface area contributed by atoms with E-state index in [9.17, 15) is 9.90 Å². The number of alkyl halides is 1. The van der Waals surface area contributed by atoms with Crippen molar-refractivity contribution in [3.05, 3.63) is 12.2 Å². The van der Waals surface area contributed by atoms with Crippen LogP contribution < -0.4 is 0 Å². The zero-order valence-corrected chi connectivity index (χ0v) is 17.3. The highest BCUT2D eigenvalue weighted by atomic mass is 79.9. The second-order valence-corrected chi connectivity index (χ2v) is 12.7. The lowest BCUT2D eigenvalue weighted by Gasteiger charge is -2.36. The standard InChI is InChI=1S/C16H31BrO4Si/c1-7-20-15(19)11-10-13(17)14(18)9-8-12-21-22(5,6)16(2,3)4/h10-11,13-14,18H,7-9,12H2,1-6H3/b11-10+/t13-,14+/m0/s1. The van der Waals surface area contributed by atoms with E-state index in [0.717, 1.165) is 6.42 Å². The van der Waals surface area contributed by atoms with E-state index in [-0.39, 0.29) is 15.8 Å². The van der Waals surface area contributed by atoms with Gasteiger partial charge in [-0.1, -0.05) is 42.8 Å². The first-order valence-corrected chi connectivity index (χ1v) is 11.6. The Balaban J connectivity index is 4.09. The van der Waals surface area contributed by atoms with Crippen LogP contribution in [-0.4, -0.2) is 43.5 Å². The summed E-state index contributed by atoms with van der Waals surface area (Å²) >= 11 is 3.37. The fourth-order valence-corrected chi connectivity index (χ4v) is 2.99. The number of esters is 1. The fourth-order valence-electron chi connectivity index (χ4n) is 1.48. The number of hydrogen-bond acceptors (Lipinski definition) is 4. The monoisotopic (exact) mass is 394 g/mol. The Morgan fingerprint density at radius 1 is 1.36 bits per heavy atom. The Morgan fingerprint density at radius 2 is 1.95 bits per heavy atom. The number of aliphatic hydroxyl groups is 1. The lowest BCUT2D eigenvalue weighted by molar-refractivity contribution is -0.137. The number of carbonyl (C=O) groups is 1. The first kappa shape index (κ1) is 21.8. The molecule has 0 saturated heterocycles. The fraction of sp³-hybridized carbons (Fsp3) is 0.812. The van der Waals surface area contributed by atoms with Crippen LogP contribution in [0.15, 0.2) is 12.2 Å². The van der Waals surface area contributed by atoms with E-state index < -0.39 is 14.4 Å². The van der Waals surface area contributed by atoms with Crippen LogP contribution in [0, 0.1) is 0 Å². The second kappa shape index (κ2) is 9.85. The third kappa shape index (κ3) is 8.46. The van der Waals surface area contributed by atoms with Gasteiger partial charge in [0.2, 0.25) is 0 Å². The van der Waals surface area contributed by atoms with Gasteiger partial charge in [-0.15, -0.1) is 0 Å². The predicted octanol–water partition coefficient (Wildman–Crippen LogP) is 4.03. The molecule has 0 radical (unpaired) electrons. The molecule has 0 unspecified atom stereocenters. The minimum absolute atomic E-state index is 0.200. The molecule has 0 aromatic heterocycles. The average Bonchev–Trinajstić information content (AvgIpc) is 2.39. The number of ether oxygens (including phenoxy) is 1. The summed E-state index contributed by atoms with van der Waals surface area (Å²) < 4.78 is 10.9. The molecule has 0 aromatic rings. The molecule has 0 fully saturated rings. The zero-order chi connectivity index (χ0) is 17.4. The number of aliphatic hydroxyl groups excluding tert-OH is 1. The van der Waals surface area contributed by atoms with Gasteiger partial charge >= 0.3 is 5.97 Å². The van der Waals surface area contributed by atoms with Gasteiger partial charge in [-0.2, -0.15) is 0 Å². The molecule has 22 heavy (non-hydrogen) atoms. The number of carbonyl (C=O) groups excluding carboxylic acids is 1. The van der Waals surface area contributed by atoms with Crippen molar-refractivity contribution in [3.63, 3.8) is 0 Å². The van der Waals surface area contributed by atoms with E-state index in [1.807, 2.05) is 0 Å². The van der Waals surface area contributed by atoms with E-state index in [2.05, 4.69) is 49.8 Å². The normalized spacial score (nSPS) is 15.8. The summed E-state index contributed by atoms with van der Waals surface area (Å²) in [5, 5.41) is 10.3. The van der Waals surface area contributed by atoms with Gasteiger partial charge in [0.1, 0.15) is 0 Å². The Hall–Kier alpha value is -0.173. The Bertz CT molecular complexity index is 364. The third-order valence-electron chi connectivity index (χ3n) is 3.98. The topological polar surface area (TPSA) is 55.8 Å². The summed E-state index contributed by atoms with van der Waals surface area (Å²) in [6, 6.07) is 0. The number of halogens is 1. The van der Waals surface area contributed by atoms with Crippen molar-refractivity contribution in [1.82, 2.24) is 0 Å². The lowest BCUT2D eigenvalue weighted by Crippen LogP contribution is -2.41. The Labute approximate surface area is 144 Å². The molecular formula is C16H31BrO4Si. The molecule has 0 bridgehead atoms. The largest absolute Gasteiger partial charge is 0.463 e. The van der Waals surface area contributed by atoms with Gasteiger partial charge in [0.15, 0.2) is 8.32 Å². The van der Waals surface area contributed by atoms with Crippen LogP contribution >= 0.6 is 15.9 Å². The third-order valence-corrected chi connectivity index (χ3v) is 9.44. The summed E-state index contributed by atoms with van der Waals surface area (Å²) in [7, 11) is -1.71. The average molecular weight is 395 g/mol. The van der Waals surface area contributed by atoms with Crippen molar-refractivity contribution in [1.29, 1.82) is 0 Å². The maximum Gasteiger partial charge on any atom is 0.330 e. The van der Waals surface area contributed by atoms with E-state index in [1.165, 1.54) is 6.08 Å². The number of hydrogen-bond donors (Lipinski definition) is 1. The molecule has 0 heterocycles. The van der Waals surface area contributed by atoms with Crippen molar-refractivity contribution in [2.75, 3.05) is 13.2 Å². The molecule has 2 atom stereocenters. The van der Waals surface area contributed by atoms with Gasteiger partial charge < -0.3 is 14.3 Å². The van der Waals surface area contributed by atoms with Gasteiger partial charge in [0.25, 0.3) is 0 Å². The highest BCUT2D eigenvalue weighted by Crippen LogP contribution is 2.36. The minimum Gasteiger partial charge on any atom is -0.463 e. The van der Waals surface area contributed by atoms with E-state index >= 15 is 0 Å². The van der Waals surface area contributed by atoms with E-state index in [4.69, 9.17) is 9.16 Å². The second-order valence-electron chi connectivity index (χ2n) is 6.87. The smallest absolute Gasteiger partial charge is 0.330 e. The van der Waals surface area contributed by atoms with Crippen molar-refractivity contribution >= 4 is 30.2 Å². The van der Waals surface area contributed by atoms with E-state index in [0.29, 0.717) is 19.6 Å². The SMILES string of the molecule is CCOC(=O)/C=C/[C@H](Br)[C@H](O)CCCO[Si](C)(C)C(C)(C)C. The van der Waals surface area contributed by atoms with Gasteiger partial charge in [-0.3, -0.25) is 0 Å². The molecule has 0 saturated carbocycles. The summed E-state index contributed by atoms with van der Waals surface area (Å²) in [6.45, 7) is 13.8. The molecule has 0 aliphatic carbocycles. The van der Waals surface area contributed by atoms with Crippen molar-refractivity contribution in [3.8, 4) is 0 Å². The molecule has 1 N–H and O–H groups in total. The van der Waals surface area contributed by atoms with Gasteiger partial charge in [-0.25, -0.2) is 4.79 Å². The molecule has 4 nitrogen and oxygen atoms in total. The summed E-state index contributed by atoms with van der Waals surface area (Å²) in [5.74, 6) is -0.389. The van der Waals surface area contributed by atoms with Crippen LogP contribution in [0.1, 0.15) is 40.5 Å². The molecule has 6 heteroatoms. The summed E-state index contributed by atoms with van der Waals surface area (Å²) in [6.07, 6.45) is 3.84. The highest BCUT2D eigenvalue weighted by Gasteiger charge is 2.36. The summed E-state index contributed by atoms with van der Waals surface area (Å²) in [5.41, 5.74) is 0. The minimum atomic E-state index is -1.71. The van der Waals surface area contributed by atoms with Crippen LogP contribution in [0.3, 0.4) is 0 Å². The first-order chi connectivity index (χ1) is 10.0. The maximum atomic E-state index is 11.2. The molecule has 0 rings (SSSR count). The quantitative estimate of drug-likeness (QED) is 0.211. The van der Waals surface area contributed by atoms with Crippen LogP contribution in [0.25, 0.3) is 0 Å². The van der Waals surface area contributed by atoms with Crippen molar-refractivity contribution in [2.45, 2.75) is 69.6 Å². The van der Waals surface area contributed by atoms with Crippen LogP contribution in [-0.2, 0) is 14.0 Å². The Kier molecular flexibility index (Phi) is 9.77. The zero-order valence-electron chi connectivity index (χ0n) is 14.7. The molecule has 0 aliphatic heterocycles. The summed E-state index contributed by atoms with van der Waals surface area (Å²) in [4.78, 5) is 10.9. The molecule has 0 aromatic carbocycles. The molecule has 0 spiro atoms. The number of rotatable bonds is 9. The molecule has 0 aliphatic rings. The van der Waals surface area contributed by atoms with E-state index in [1.54, 1.807) is 13.0 Å². The van der Waals surface area contributed by atoms with Crippen LogP contribution in [0.4, 0.5) is 0 Å². The maximum absolute atomic E-state index is 11.2. The molecule has 0 amide bonds. The van der Waals surface area contributed by atoms with Gasteiger partial charge in [0.05, 0.1) is 17.5 Å². The van der Waals surface area contributed by atoms with Crippen LogP contribution in [0.2, 0.25) is 18.1 Å². The first-order valence-electron chi connectivity index (χ1n) is 7.82. The molecular weight excluding hydrogens is 364 g/mol.